The quantitative estimate of drug-likeness (QED) is 0.764. The predicted octanol–water partition coefficient (Wildman–Crippen LogP) is 1.29. The molecule has 0 bridgehead atoms. The van der Waals surface area contributed by atoms with Gasteiger partial charge in [0.2, 0.25) is 5.88 Å². The Morgan fingerprint density at radius 1 is 1.44 bits per heavy atom. The van der Waals surface area contributed by atoms with E-state index in [0.717, 1.165) is 12.3 Å². The molecule has 0 spiro atoms. The van der Waals surface area contributed by atoms with Crippen molar-refractivity contribution in [3.63, 3.8) is 0 Å². The summed E-state index contributed by atoms with van der Waals surface area (Å²) in [5.74, 6) is -6.37. The summed E-state index contributed by atoms with van der Waals surface area (Å²) in [5, 5.41) is 8.90. The van der Waals surface area contributed by atoms with Crippen LogP contribution in [0, 0.1) is 0 Å². The summed E-state index contributed by atoms with van der Waals surface area (Å²) >= 11 is 0. The van der Waals surface area contributed by atoms with Gasteiger partial charge in [-0.25, -0.2) is 18.6 Å². The number of hydrogen-bond acceptors (Lipinski definition) is 5. The molecule has 0 aromatic carbocycles. The highest BCUT2D eigenvalue weighted by Gasteiger charge is 2.41. The SMILES string of the molecule is O=C(O)C1CN(C(=O)c2ccc(OCC(F)(F)C(F)F)nc2)CCO1. The highest BCUT2D eigenvalue weighted by molar-refractivity contribution is 5.94. The molecule has 1 aliphatic rings. The zero-order valence-electron chi connectivity index (χ0n) is 12.7. The number of rotatable bonds is 6. The van der Waals surface area contributed by atoms with Crippen molar-refractivity contribution in [2.75, 3.05) is 26.3 Å². The molecule has 1 unspecified atom stereocenters. The fourth-order valence-electron chi connectivity index (χ4n) is 1.99. The number of alkyl halides is 4. The second kappa shape index (κ2) is 7.64. The third-order valence-corrected chi connectivity index (χ3v) is 3.34. The molecule has 138 valence electrons. The highest BCUT2D eigenvalue weighted by atomic mass is 19.3. The van der Waals surface area contributed by atoms with Crippen LogP contribution in [0.25, 0.3) is 0 Å². The fourth-order valence-corrected chi connectivity index (χ4v) is 1.99. The fraction of sp³-hybridized carbons (Fsp3) is 0.500. The number of carboxylic acids is 1. The van der Waals surface area contributed by atoms with Crippen molar-refractivity contribution < 1.29 is 41.7 Å². The summed E-state index contributed by atoms with van der Waals surface area (Å²) in [7, 11) is 0. The van der Waals surface area contributed by atoms with Crippen LogP contribution in [-0.2, 0) is 9.53 Å². The lowest BCUT2D eigenvalue weighted by molar-refractivity contribution is -0.154. The number of carboxylic acid groups (broad SMARTS) is 1. The largest absolute Gasteiger partial charge is 0.479 e. The molecule has 0 aliphatic carbocycles. The summed E-state index contributed by atoms with van der Waals surface area (Å²) in [6.45, 7) is -1.46. The van der Waals surface area contributed by atoms with Gasteiger partial charge in [0, 0.05) is 18.8 Å². The number of aliphatic carboxylic acids is 1. The molecule has 25 heavy (non-hydrogen) atoms. The van der Waals surface area contributed by atoms with Crippen molar-refractivity contribution in [2.24, 2.45) is 0 Å². The van der Waals surface area contributed by atoms with Crippen LogP contribution in [0.2, 0.25) is 0 Å². The molecule has 1 aromatic heterocycles. The van der Waals surface area contributed by atoms with Crippen LogP contribution in [0.3, 0.4) is 0 Å². The van der Waals surface area contributed by atoms with Crippen molar-refractivity contribution in [1.29, 1.82) is 0 Å². The van der Waals surface area contributed by atoms with E-state index in [4.69, 9.17) is 9.84 Å². The molecular formula is C14H14F4N2O5. The van der Waals surface area contributed by atoms with Crippen LogP contribution >= 0.6 is 0 Å². The molecular weight excluding hydrogens is 352 g/mol. The molecule has 1 fully saturated rings. The Morgan fingerprint density at radius 2 is 2.16 bits per heavy atom. The lowest BCUT2D eigenvalue weighted by Gasteiger charge is -2.30. The summed E-state index contributed by atoms with van der Waals surface area (Å²) in [6.07, 6.45) is -3.97. The van der Waals surface area contributed by atoms with E-state index in [9.17, 15) is 27.2 Å². The first-order valence-electron chi connectivity index (χ1n) is 7.09. The van der Waals surface area contributed by atoms with E-state index >= 15 is 0 Å². The third-order valence-electron chi connectivity index (χ3n) is 3.34. The first-order valence-corrected chi connectivity index (χ1v) is 7.09. The van der Waals surface area contributed by atoms with E-state index in [1.54, 1.807) is 0 Å². The van der Waals surface area contributed by atoms with Crippen LogP contribution in [0.4, 0.5) is 17.6 Å². The Balaban J connectivity index is 1.97. The molecule has 1 aliphatic heterocycles. The van der Waals surface area contributed by atoms with Gasteiger partial charge in [-0.3, -0.25) is 4.79 Å². The topological polar surface area (TPSA) is 89.0 Å². The smallest absolute Gasteiger partial charge is 0.340 e. The minimum Gasteiger partial charge on any atom is -0.479 e. The molecule has 2 heterocycles. The van der Waals surface area contributed by atoms with Crippen LogP contribution < -0.4 is 4.74 Å². The maximum Gasteiger partial charge on any atom is 0.340 e. The van der Waals surface area contributed by atoms with Gasteiger partial charge < -0.3 is 19.5 Å². The molecule has 7 nitrogen and oxygen atoms in total. The molecule has 1 saturated heterocycles. The Morgan fingerprint density at radius 3 is 2.72 bits per heavy atom. The number of halogens is 4. The van der Waals surface area contributed by atoms with Gasteiger partial charge in [-0.2, -0.15) is 8.78 Å². The van der Waals surface area contributed by atoms with Crippen LogP contribution in [0.15, 0.2) is 18.3 Å². The van der Waals surface area contributed by atoms with Gasteiger partial charge in [0.05, 0.1) is 18.7 Å². The molecule has 1 N–H and O–H groups in total. The number of carbonyl (C=O) groups is 2. The van der Waals surface area contributed by atoms with E-state index < -0.39 is 36.9 Å². The number of aromatic nitrogens is 1. The molecule has 0 radical (unpaired) electrons. The molecule has 2 rings (SSSR count). The van der Waals surface area contributed by atoms with Crippen LogP contribution in [0.1, 0.15) is 10.4 Å². The predicted molar refractivity (Wildman–Crippen MR) is 74.0 cm³/mol. The van der Waals surface area contributed by atoms with Gasteiger partial charge in [0.25, 0.3) is 5.91 Å². The minimum absolute atomic E-state index is 0.0556. The maximum atomic E-state index is 12.8. The number of amides is 1. The van der Waals surface area contributed by atoms with Crippen molar-refractivity contribution in [1.82, 2.24) is 9.88 Å². The number of hydrogen-bond donors (Lipinski definition) is 1. The maximum absolute atomic E-state index is 12.8. The van der Waals surface area contributed by atoms with Gasteiger partial charge >= 0.3 is 18.3 Å². The van der Waals surface area contributed by atoms with Gasteiger partial charge in [0.1, 0.15) is 0 Å². The monoisotopic (exact) mass is 366 g/mol. The van der Waals surface area contributed by atoms with Crippen molar-refractivity contribution in [3.8, 4) is 5.88 Å². The molecule has 1 aromatic rings. The zero-order chi connectivity index (χ0) is 18.6. The standard InChI is InChI=1S/C14H14F4N2O5/c15-13(16)14(17,18)7-25-10-2-1-8(5-19-10)11(21)20-3-4-24-9(6-20)12(22)23/h1-2,5,9,13H,3-4,6-7H2,(H,22,23). The first-order chi connectivity index (χ1) is 11.7. The Labute approximate surface area is 139 Å². The molecule has 1 atom stereocenters. The van der Waals surface area contributed by atoms with Crippen molar-refractivity contribution in [3.05, 3.63) is 23.9 Å². The average molecular weight is 366 g/mol. The van der Waals surface area contributed by atoms with Crippen LogP contribution in [-0.4, -0.2) is 71.6 Å². The summed E-state index contributed by atoms with van der Waals surface area (Å²) < 4.78 is 59.1. The lowest BCUT2D eigenvalue weighted by Crippen LogP contribution is -2.48. The van der Waals surface area contributed by atoms with E-state index in [1.165, 1.54) is 11.0 Å². The second-order valence-electron chi connectivity index (χ2n) is 5.18. The van der Waals surface area contributed by atoms with E-state index in [-0.39, 0.29) is 31.1 Å². The number of morpholine rings is 1. The van der Waals surface area contributed by atoms with Crippen molar-refractivity contribution in [2.45, 2.75) is 18.5 Å². The highest BCUT2D eigenvalue weighted by Crippen LogP contribution is 2.23. The van der Waals surface area contributed by atoms with Gasteiger partial charge in [-0.05, 0) is 6.07 Å². The van der Waals surface area contributed by atoms with Crippen LogP contribution in [0.5, 0.6) is 5.88 Å². The summed E-state index contributed by atoms with van der Waals surface area (Å²) in [5.41, 5.74) is 0.0685. The zero-order valence-corrected chi connectivity index (χ0v) is 12.7. The van der Waals surface area contributed by atoms with Gasteiger partial charge in [0.15, 0.2) is 12.7 Å². The van der Waals surface area contributed by atoms with Crippen molar-refractivity contribution >= 4 is 11.9 Å². The van der Waals surface area contributed by atoms with E-state index in [0.29, 0.717) is 0 Å². The minimum atomic E-state index is -4.31. The summed E-state index contributed by atoms with van der Waals surface area (Å²) in [4.78, 5) is 28.0. The van der Waals surface area contributed by atoms with Gasteiger partial charge in [-0.1, -0.05) is 0 Å². The number of ether oxygens (including phenoxy) is 2. The second-order valence-corrected chi connectivity index (χ2v) is 5.18. The Bertz CT molecular complexity index is 626. The average Bonchev–Trinajstić information content (AvgIpc) is 2.60. The lowest BCUT2D eigenvalue weighted by atomic mass is 10.2. The van der Waals surface area contributed by atoms with Gasteiger partial charge in [-0.15, -0.1) is 0 Å². The third kappa shape index (κ3) is 4.78. The normalized spacial score (nSPS) is 18.3. The number of carbonyl (C=O) groups excluding carboxylic acids is 1. The Kier molecular flexibility index (Phi) is 5.77. The molecule has 11 heteroatoms. The Hall–Kier alpha value is -2.43. The number of pyridine rings is 1. The number of nitrogens with zero attached hydrogens (tertiary/aromatic N) is 2. The molecule has 0 saturated carbocycles. The summed E-state index contributed by atoms with van der Waals surface area (Å²) in [6, 6.07) is 2.31. The first kappa shape index (κ1) is 18.9. The molecule has 1 amide bonds. The van der Waals surface area contributed by atoms with E-state index in [2.05, 4.69) is 9.72 Å². The van der Waals surface area contributed by atoms with E-state index in [1.807, 2.05) is 0 Å².